The van der Waals surface area contributed by atoms with Crippen LogP contribution in [0.3, 0.4) is 0 Å². The number of esters is 1. The first kappa shape index (κ1) is 22.1. The van der Waals surface area contributed by atoms with Gasteiger partial charge in [-0.05, 0) is 57.9 Å². The third kappa shape index (κ3) is 4.69. The molecular weight excluding hydrogens is 520 g/mol. The number of fused-ring (bicyclic) bond motifs is 1. The van der Waals surface area contributed by atoms with Gasteiger partial charge in [0.15, 0.2) is 21.9 Å². The van der Waals surface area contributed by atoms with Crippen molar-refractivity contribution in [2.45, 2.75) is 0 Å². The average molecular weight is 534 g/mol. The number of hydrogen-bond acceptors (Lipinski definition) is 7. The number of carbonyl (C=O) groups excluding carboxylic acids is 2. The van der Waals surface area contributed by atoms with Crippen molar-refractivity contribution < 1.29 is 23.5 Å². The normalized spacial score (nSPS) is 11.1. The Morgan fingerprint density at radius 2 is 1.97 bits per heavy atom. The first-order valence-corrected chi connectivity index (χ1v) is 11.1. The number of carbonyl (C=O) groups is 2. The molecule has 0 unspecified atom stereocenters. The number of nitrogens with one attached hydrogen (secondary N) is 1. The van der Waals surface area contributed by atoms with Crippen LogP contribution in [0.1, 0.15) is 25.8 Å². The highest BCUT2D eigenvalue weighted by molar-refractivity contribution is 9.10. The molecule has 0 aliphatic rings. The number of hydrazone groups is 1. The molecule has 0 bridgehead atoms. The van der Waals surface area contributed by atoms with Crippen LogP contribution >= 0.6 is 38.9 Å². The van der Waals surface area contributed by atoms with E-state index in [1.54, 1.807) is 24.3 Å². The largest absolute Gasteiger partial charge is 0.493 e. The van der Waals surface area contributed by atoms with Crippen molar-refractivity contribution in [2.75, 3.05) is 7.11 Å². The Morgan fingerprint density at radius 3 is 2.69 bits per heavy atom. The van der Waals surface area contributed by atoms with Crippen molar-refractivity contribution in [3.05, 3.63) is 80.5 Å². The molecule has 1 N–H and O–H groups in total. The molecule has 2 heterocycles. The van der Waals surface area contributed by atoms with E-state index >= 15 is 0 Å². The molecule has 0 fully saturated rings. The number of rotatable bonds is 6. The van der Waals surface area contributed by atoms with Crippen molar-refractivity contribution in [2.24, 2.45) is 5.10 Å². The fraction of sp³-hybridized carbons (Fsp3) is 0.0455. The molecule has 2 aromatic carbocycles. The van der Waals surface area contributed by atoms with E-state index < -0.39 is 11.9 Å². The number of ether oxygens (including phenoxy) is 2. The Kier molecular flexibility index (Phi) is 6.59. The number of benzene rings is 2. The van der Waals surface area contributed by atoms with Crippen LogP contribution in [0.4, 0.5) is 0 Å². The maximum absolute atomic E-state index is 12.7. The second-order valence-corrected chi connectivity index (χ2v) is 8.56. The molecule has 0 aliphatic carbocycles. The van der Waals surface area contributed by atoms with Crippen LogP contribution in [0, 0.1) is 0 Å². The summed E-state index contributed by atoms with van der Waals surface area (Å²) >= 11 is 10.8. The maximum Gasteiger partial charge on any atom is 0.355 e. The van der Waals surface area contributed by atoms with Crippen LogP contribution in [0.15, 0.2) is 68.8 Å². The van der Waals surface area contributed by atoms with Gasteiger partial charge in [-0.3, -0.25) is 4.79 Å². The van der Waals surface area contributed by atoms with Gasteiger partial charge in [-0.1, -0.05) is 29.8 Å². The summed E-state index contributed by atoms with van der Waals surface area (Å²) in [6.45, 7) is 0. The first-order chi connectivity index (χ1) is 15.5. The lowest BCUT2D eigenvalue weighted by Crippen LogP contribution is -2.16. The lowest BCUT2D eigenvalue weighted by molar-refractivity contribution is 0.0734. The SMILES string of the molecule is COc1cc(/C=N\NC(=O)c2ccc(Br)o2)ccc1OC(=O)c1sc2ccccc2c1Cl. The number of nitrogens with zero attached hydrogens (tertiary/aromatic N) is 1. The minimum Gasteiger partial charge on any atom is -0.493 e. The molecule has 1 amide bonds. The second-order valence-electron chi connectivity index (χ2n) is 6.34. The maximum atomic E-state index is 12.7. The molecule has 0 saturated carbocycles. The zero-order chi connectivity index (χ0) is 22.7. The van der Waals surface area contributed by atoms with Crippen molar-refractivity contribution in [1.29, 1.82) is 0 Å². The molecule has 162 valence electrons. The van der Waals surface area contributed by atoms with E-state index in [0.29, 0.717) is 25.9 Å². The van der Waals surface area contributed by atoms with Crippen molar-refractivity contribution in [3.63, 3.8) is 0 Å². The lowest BCUT2D eigenvalue weighted by atomic mass is 10.2. The monoisotopic (exact) mass is 532 g/mol. The fourth-order valence-electron chi connectivity index (χ4n) is 2.80. The van der Waals surface area contributed by atoms with E-state index in [1.807, 2.05) is 24.3 Å². The van der Waals surface area contributed by atoms with E-state index in [1.165, 1.54) is 30.7 Å². The van der Waals surface area contributed by atoms with Gasteiger partial charge in [0.05, 0.1) is 18.3 Å². The molecule has 0 radical (unpaired) electrons. The van der Waals surface area contributed by atoms with Crippen LogP contribution in [-0.4, -0.2) is 25.2 Å². The molecule has 10 heteroatoms. The Labute approximate surface area is 199 Å². The number of halogens is 2. The van der Waals surface area contributed by atoms with E-state index in [2.05, 4.69) is 26.5 Å². The Bertz CT molecular complexity index is 1350. The summed E-state index contributed by atoms with van der Waals surface area (Å²) in [6.07, 6.45) is 1.42. The molecule has 0 saturated heterocycles. The number of furan rings is 1. The fourth-order valence-corrected chi connectivity index (χ4v) is 4.49. The minimum atomic E-state index is -0.576. The number of amides is 1. The van der Waals surface area contributed by atoms with E-state index in [-0.39, 0.29) is 11.5 Å². The van der Waals surface area contributed by atoms with Gasteiger partial charge in [0, 0.05) is 10.1 Å². The van der Waals surface area contributed by atoms with Crippen LogP contribution in [0.5, 0.6) is 11.5 Å². The van der Waals surface area contributed by atoms with Gasteiger partial charge in [-0.25, -0.2) is 10.2 Å². The standard InChI is InChI=1S/C22H14BrClN2O5S/c1-29-16-10-12(11-25-26-21(27)15-8-9-18(23)30-15)6-7-14(16)31-22(28)20-19(24)13-4-2-3-5-17(13)32-20/h2-11H,1H3,(H,26,27)/b25-11-. The molecule has 4 rings (SSSR count). The first-order valence-electron chi connectivity index (χ1n) is 9.12. The summed E-state index contributed by atoms with van der Waals surface area (Å²) in [7, 11) is 1.45. The summed E-state index contributed by atoms with van der Waals surface area (Å²) < 4.78 is 17.4. The van der Waals surface area contributed by atoms with Gasteiger partial charge in [0.25, 0.3) is 0 Å². The molecule has 4 aromatic rings. The van der Waals surface area contributed by atoms with Crippen molar-refractivity contribution in [1.82, 2.24) is 5.43 Å². The summed E-state index contributed by atoms with van der Waals surface area (Å²) in [5, 5.41) is 5.06. The van der Waals surface area contributed by atoms with Gasteiger partial charge in [-0.2, -0.15) is 5.10 Å². The second kappa shape index (κ2) is 9.56. The lowest BCUT2D eigenvalue weighted by Gasteiger charge is -2.09. The molecule has 0 atom stereocenters. The number of methoxy groups -OCH3 is 1. The summed E-state index contributed by atoms with van der Waals surface area (Å²) in [5.41, 5.74) is 2.98. The summed E-state index contributed by atoms with van der Waals surface area (Å²) in [4.78, 5) is 25.0. The van der Waals surface area contributed by atoms with Crippen LogP contribution < -0.4 is 14.9 Å². The Balaban J connectivity index is 1.47. The number of hydrogen-bond donors (Lipinski definition) is 1. The molecule has 32 heavy (non-hydrogen) atoms. The van der Waals surface area contributed by atoms with Crippen LogP contribution in [-0.2, 0) is 0 Å². The van der Waals surface area contributed by atoms with Gasteiger partial charge in [-0.15, -0.1) is 11.3 Å². The molecule has 7 nitrogen and oxygen atoms in total. The average Bonchev–Trinajstić information content (AvgIpc) is 3.38. The highest BCUT2D eigenvalue weighted by atomic mass is 79.9. The molecular formula is C22H14BrClN2O5S. The highest BCUT2D eigenvalue weighted by Crippen LogP contribution is 2.37. The predicted octanol–water partition coefficient (Wildman–Crippen LogP) is 5.90. The van der Waals surface area contributed by atoms with Crippen molar-refractivity contribution in [3.8, 4) is 11.5 Å². The summed E-state index contributed by atoms with van der Waals surface area (Å²) in [6, 6.07) is 15.5. The van der Waals surface area contributed by atoms with E-state index in [4.69, 9.17) is 25.5 Å². The minimum absolute atomic E-state index is 0.119. The topological polar surface area (TPSA) is 90.1 Å². The predicted molar refractivity (Wildman–Crippen MR) is 126 cm³/mol. The van der Waals surface area contributed by atoms with Gasteiger partial charge >= 0.3 is 11.9 Å². The van der Waals surface area contributed by atoms with Gasteiger partial charge < -0.3 is 13.9 Å². The smallest absolute Gasteiger partial charge is 0.355 e. The molecule has 2 aromatic heterocycles. The Hall–Kier alpha value is -3.14. The van der Waals surface area contributed by atoms with Crippen LogP contribution in [0.2, 0.25) is 5.02 Å². The third-order valence-corrected chi connectivity index (χ3v) is 6.37. The zero-order valence-electron chi connectivity index (χ0n) is 16.4. The molecule has 0 aliphatic heterocycles. The Morgan fingerprint density at radius 1 is 1.16 bits per heavy atom. The highest BCUT2D eigenvalue weighted by Gasteiger charge is 2.20. The van der Waals surface area contributed by atoms with E-state index in [9.17, 15) is 9.59 Å². The van der Waals surface area contributed by atoms with Crippen molar-refractivity contribution >= 4 is 67.0 Å². The van der Waals surface area contributed by atoms with Gasteiger partial charge in [0.2, 0.25) is 0 Å². The van der Waals surface area contributed by atoms with Gasteiger partial charge in [0.1, 0.15) is 4.88 Å². The number of thiophene rings is 1. The summed E-state index contributed by atoms with van der Waals surface area (Å²) in [5.74, 6) is -0.403. The zero-order valence-corrected chi connectivity index (χ0v) is 19.6. The van der Waals surface area contributed by atoms with Crippen LogP contribution in [0.25, 0.3) is 10.1 Å². The quantitative estimate of drug-likeness (QED) is 0.144. The third-order valence-electron chi connectivity index (χ3n) is 4.29. The molecule has 0 spiro atoms. The van der Waals surface area contributed by atoms with E-state index in [0.717, 1.165) is 10.1 Å².